The molecule has 0 bridgehead atoms. The molecule has 0 N–H and O–H groups in total. The van der Waals surface area contributed by atoms with Gasteiger partial charge in [-0.1, -0.05) is 6.66 Å². The minimum Gasteiger partial charge on any atom is -0.459 e. The van der Waals surface area contributed by atoms with Crippen molar-refractivity contribution < 1.29 is 9.53 Å². The number of hydrogen-bond acceptors (Lipinski definition) is 4. The summed E-state index contributed by atoms with van der Waals surface area (Å²) in [6.07, 6.45) is 3.35. The SMILES string of the molecule is CP.Cc1cn(-c2ccc3n(c2=O)CCOC3=O)cn1. The minimum atomic E-state index is -0.452. The first kappa shape index (κ1) is 14.5. The number of aryl methyl sites for hydroxylation is 1. The number of aromatic nitrogens is 3. The molecule has 0 aliphatic carbocycles. The van der Waals surface area contributed by atoms with Gasteiger partial charge in [0.25, 0.3) is 5.56 Å². The van der Waals surface area contributed by atoms with Gasteiger partial charge in [0.2, 0.25) is 0 Å². The summed E-state index contributed by atoms with van der Waals surface area (Å²) in [5.74, 6) is -0.452. The third-order valence-corrected chi connectivity index (χ3v) is 2.90. The van der Waals surface area contributed by atoms with Crippen LogP contribution in [0.4, 0.5) is 0 Å². The summed E-state index contributed by atoms with van der Waals surface area (Å²) >= 11 is 0. The molecule has 0 aromatic carbocycles. The summed E-state index contributed by atoms with van der Waals surface area (Å²) in [5, 5.41) is 0. The average Bonchev–Trinajstić information content (AvgIpc) is 2.89. The summed E-state index contributed by atoms with van der Waals surface area (Å²) in [5.41, 5.74) is 1.40. The van der Waals surface area contributed by atoms with Crippen LogP contribution in [-0.2, 0) is 11.3 Å². The van der Waals surface area contributed by atoms with Gasteiger partial charge in [-0.3, -0.25) is 9.36 Å². The predicted octanol–water partition coefficient (Wildman–Crippen LogP) is 1.00. The molecule has 1 atom stereocenters. The average molecular weight is 293 g/mol. The van der Waals surface area contributed by atoms with Crippen LogP contribution in [0.3, 0.4) is 0 Å². The van der Waals surface area contributed by atoms with Crippen LogP contribution in [0.25, 0.3) is 5.69 Å². The van der Waals surface area contributed by atoms with Crippen LogP contribution in [0.1, 0.15) is 16.2 Å². The Bertz CT molecular complexity index is 690. The maximum atomic E-state index is 12.3. The van der Waals surface area contributed by atoms with Crippen molar-refractivity contribution in [2.75, 3.05) is 13.3 Å². The Labute approximate surface area is 118 Å². The lowest BCUT2D eigenvalue weighted by Gasteiger charge is -2.18. The number of hydrogen-bond donors (Lipinski definition) is 0. The maximum Gasteiger partial charge on any atom is 0.355 e. The van der Waals surface area contributed by atoms with Crippen LogP contribution in [0.15, 0.2) is 29.5 Å². The van der Waals surface area contributed by atoms with Crippen LogP contribution < -0.4 is 5.56 Å². The number of fused-ring (bicyclic) bond motifs is 1. The highest BCUT2D eigenvalue weighted by Gasteiger charge is 2.20. The lowest BCUT2D eigenvalue weighted by Crippen LogP contribution is -2.34. The van der Waals surface area contributed by atoms with E-state index in [0.717, 1.165) is 5.69 Å². The maximum absolute atomic E-state index is 12.3. The molecule has 3 rings (SSSR count). The molecule has 106 valence electrons. The Kier molecular flexibility index (Phi) is 4.35. The van der Waals surface area contributed by atoms with Crippen molar-refractivity contribution in [1.29, 1.82) is 0 Å². The Morgan fingerprint density at radius 3 is 2.70 bits per heavy atom. The third kappa shape index (κ3) is 2.51. The zero-order valence-electron chi connectivity index (χ0n) is 11.4. The summed E-state index contributed by atoms with van der Waals surface area (Å²) in [6.45, 7) is 4.39. The van der Waals surface area contributed by atoms with E-state index in [9.17, 15) is 9.59 Å². The number of esters is 1. The number of carbonyl (C=O) groups excluding carboxylic acids is 1. The van der Waals surface area contributed by atoms with Crippen molar-refractivity contribution in [3.8, 4) is 5.69 Å². The van der Waals surface area contributed by atoms with Gasteiger partial charge in [0, 0.05) is 6.20 Å². The molecule has 0 amide bonds. The topological polar surface area (TPSA) is 66.1 Å². The molecule has 6 nitrogen and oxygen atoms in total. The van der Waals surface area contributed by atoms with Gasteiger partial charge in [-0.15, -0.1) is 9.24 Å². The molecule has 1 aliphatic heterocycles. The molecule has 1 aliphatic rings. The Morgan fingerprint density at radius 1 is 1.30 bits per heavy atom. The van der Waals surface area contributed by atoms with Crippen molar-refractivity contribution >= 4 is 15.2 Å². The van der Waals surface area contributed by atoms with Gasteiger partial charge in [-0.25, -0.2) is 9.78 Å². The first-order valence-electron chi connectivity index (χ1n) is 6.16. The van der Waals surface area contributed by atoms with Gasteiger partial charge >= 0.3 is 5.97 Å². The van der Waals surface area contributed by atoms with Crippen LogP contribution >= 0.6 is 9.24 Å². The van der Waals surface area contributed by atoms with Crippen molar-refractivity contribution in [2.24, 2.45) is 0 Å². The van der Waals surface area contributed by atoms with Crippen LogP contribution in [0.2, 0.25) is 0 Å². The fraction of sp³-hybridized carbons (Fsp3) is 0.308. The number of imidazole rings is 1. The van der Waals surface area contributed by atoms with Gasteiger partial charge in [-0.05, 0) is 19.1 Å². The second kappa shape index (κ2) is 6.01. The fourth-order valence-corrected chi connectivity index (χ4v) is 2.02. The largest absolute Gasteiger partial charge is 0.459 e. The second-order valence-electron chi connectivity index (χ2n) is 4.12. The lowest BCUT2D eigenvalue weighted by molar-refractivity contribution is 0.0416. The molecule has 0 saturated carbocycles. The van der Waals surface area contributed by atoms with Crippen LogP contribution in [0, 0.1) is 6.92 Å². The van der Waals surface area contributed by atoms with E-state index in [1.54, 1.807) is 29.2 Å². The second-order valence-corrected chi connectivity index (χ2v) is 4.12. The van der Waals surface area contributed by atoms with Crippen molar-refractivity contribution in [3.63, 3.8) is 0 Å². The number of carbonyl (C=O) groups is 1. The highest BCUT2D eigenvalue weighted by Crippen LogP contribution is 2.10. The van der Waals surface area contributed by atoms with Crippen LogP contribution in [0.5, 0.6) is 0 Å². The summed E-state index contributed by atoms with van der Waals surface area (Å²) in [7, 11) is 2.42. The van der Waals surface area contributed by atoms with Gasteiger partial charge in [0.1, 0.15) is 18.0 Å². The number of cyclic esters (lactones) is 1. The molecule has 3 heterocycles. The van der Waals surface area contributed by atoms with E-state index in [-0.39, 0.29) is 12.2 Å². The summed E-state index contributed by atoms with van der Waals surface area (Å²) in [4.78, 5) is 27.8. The third-order valence-electron chi connectivity index (χ3n) is 2.90. The van der Waals surface area contributed by atoms with Crippen molar-refractivity contribution in [2.45, 2.75) is 13.5 Å². The van der Waals surface area contributed by atoms with Crippen LogP contribution in [-0.4, -0.2) is 33.4 Å². The number of rotatable bonds is 1. The van der Waals surface area contributed by atoms with E-state index in [0.29, 0.717) is 17.9 Å². The van der Waals surface area contributed by atoms with Crippen molar-refractivity contribution in [3.05, 3.63) is 46.4 Å². The monoisotopic (exact) mass is 293 g/mol. The quantitative estimate of drug-likeness (QED) is 0.581. The van der Waals surface area contributed by atoms with Gasteiger partial charge in [0.05, 0.1) is 18.6 Å². The number of nitrogens with zero attached hydrogens (tertiary/aromatic N) is 3. The number of pyridine rings is 1. The van der Waals surface area contributed by atoms with E-state index in [1.165, 1.54) is 4.57 Å². The molecule has 1 unspecified atom stereocenters. The first-order valence-corrected chi connectivity index (χ1v) is 7.32. The highest BCUT2D eigenvalue weighted by molar-refractivity contribution is 7.15. The minimum absolute atomic E-state index is 0.207. The van der Waals surface area contributed by atoms with E-state index >= 15 is 0 Å². The number of ether oxygens (including phenoxy) is 1. The zero-order chi connectivity index (χ0) is 14.7. The van der Waals surface area contributed by atoms with Gasteiger partial charge in [-0.2, -0.15) is 0 Å². The Hall–Kier alpha value is -1.94. The van der Waals surface area contributed by atoms with Gasteiger partial charge < -0.3 is 9.30 Å². The Morgan fingerprint density at radius 2 is 2.05 bits per heavy atom. The van der Waals surface area contributed by atoms with E-state index in [1.807, 2.05) is 13.6 Å². The highest BCUT2D eigenvalue weighted by atomic mass is 31.0. The molecule has 0 fully saturated rings. The lowest BCUT2D eigenvalue weighted by atomic mass is 10.2. The molecule has 2 aromatic rings. The molecule has 0 spiro atoms. The molecule has 0 radical (unpaired) electrons. The van der Waals surface area contributed by atoms with E-state index < -0.39 is 5.97 Å². The molecular formula is C13H16N3O3P. The first-order chi connectivity index (χ1) is 9.66. The summed E-state index contributed by atoms with van der Waals surface area (Å²) in [6, 6.07) is 3.22. The predicted molar refractivity (Wildman–Crippen MR) is 78.5 cm³/mol. The smallest absolute Gasteiger partial charge is 0.355 e. The fourth-order valence-electron chi connectivity index (χ4n) is 2.02. The van der Waals surface area contributed by atoms with Crippen molar-refractivity contribution in [1.82, 2.24) is 14.1 Å². The zero-order valence-corrected chi connectivity index (χ0v) is 12.5. The van der Waals surface area contributed by atoms with E-state index in [4.69, 9.17) is 4.74 Å². The molecule has 2 aromatic heterocycles. The molecule has 20 heavy (non-hydrogen) atoms. The molecule has 0 saturated heterocycles. The standard InChI is InChI=1S/C12H11N3O3.CH5P/c1-8-6-14(7-13-8)9-2-3-10-12(17)18-5-4-15(10)11(9)16;1-2/h2-3,6-7H,4-5H2,1H3;2H2,1H3. The van der Waals surface area contributed by atoms with E-state index in [2.05, 4.69) is 14.2 Å². The van der Waals surface area contributed by atoms with Gasteiger partial charge in [0.15, 0.2) is 0 Å². The molecular weight excluding hydrogens is 277 g/mol. The molecule has 7 heteroatoms. The summed E-state index contributed by atoms with van der Waals surface area (Å²) < 4.78 is 7.99. The Balaban J connectivity index is 0.000000704. The normalized spacial score (nSPS) is 13.1.